The van der Waals surface area contributed by atoms with Crippen molar-refractivity contribution in [1.82, 2.24) is 0 Å². The molecule has 6 heteroatoms. The van der Waals surface area contributed by atoms with Crippen molar-refractivity contribution in [2.75, 3.05) is 21.3 Å². The van der Waals surface area contributed by atoms with Gasteiger partial charge in [0.25, 0.3) is 0 Å². The van der Waals surface area contributed by atoms with Gasteiger partial charge < -0.3 is 14.2 Å². The third kappa shape index (κ3) is 3.71. The van der Waals surface area contributed by atoms with Crippen LogP contribution >= 0.6 is 0 Å². The van der Waals surface area contributed by atoms with Gasteiger partial charge in [0, 0.05) is 30.7 Å². The first-order chi connectivity index (χ1) is 9.57. The lowest BCUT2D eigenvalue weighted by atomic mass is 10.1. The Morgan fingerprint density at radius 1 is 1.25 bits per heavy atom. The van der Waals surface area contributed by atoms with E-state index in [1.54, 1.807) is 33.3 Å². The molecule has 1 aromatic carbocycles. The van der Waals surface area contributed by atoms with E-state index in [0.29, 0.717) is 30.1 Å². The summed E-state index contributed by atoms with van der Waals surface area (Å²) in [6.45, 7) is 2.11. The van der Waals surface area contributed by atoms with Gasteiger partial charge in [-0.05, 0) is 12.1 Å². The minimum Gasteiger partial charge on any atom is -0.496 e. The van der Waals surface area contributed by atoms with Gasteiger partial charge in [-0.1, -0.05) is 6.92 Å². The molecule has 0 saturated carbocycles. The number of ether oxygens (including phenoxy) is 3. The topological polar surface area (TPSA) is 70.8 Å². The molecular formula is C14H19NO5. The van der Waals surface area contributed by atoms with Gasteiger partial charge in [0.2, 0.25) is 5.70 Å². The molecule has 0 aromatic heterocycles. The maximum absolute atomic E-state index is 10.9. The third-order valence-electron chi connectivity index (χ3n) is 2.85. The van der Waals surface area contributed by atoms with Crippen LogP contribution in [0.1, 0.15) is 24.5 Å². The Hall–Kier alpha value is -2.08. The first kappa shape index (κ1) is 16.0. The van der Waals surface area contributed by atoms with Crippen LogP contribution in [0.2, 0.25) is 0 Å². The molecule has 1 rings (SSSR count). The maximum Gasteiger partial charge on any atom is 0.246 e. The highest BCUT2D eigenvalue weighted by Crippen LogP contribution is 2.31. The van der Waals surface area contributed by atoms with Crippen LogP contribution < -0.4 is 9.47 Å². The SMILES string of the molecule is CCC(=Cc1cc(OC)c(COC)cc1OC)[N+](=O)[O-]. The number of nitrogens with zero attached hydrogens (tertiary/aromatic N) is 1. The highest BCUT2D eigenvalue weighted by Gasteiger charge is 2.14. The minimum absolute atomic E-state index is 0.116. The van der Waals surface area contributed by atoms with Crippen LogP contribution in [0.15, 0.2) is 17.8 Å². The molecule has 0 aliphatic carbocycles. The van der Waals surface area contributed by atoms with E-state index in [1.165, 1.54) is 13.2 Å². The fourth-order valence-corrected chi connectivity index (χ4v) is 1.83. The van der Waals surface area contributed by atoms with Gasteiger partial charge in [-0.25, -0.2) is 0 Å². The van der Waals surface area contributed by atoms with E-state index in [2.05, 4.69) is 0 Å². The number of benzene rings is 1. The largest absolute Gasteiger partial charge is 0.496 e. The summed E-state index contributed by atoms with van der Waals surface area (Å²) in [7, 11) is 4.65. The van der Waals surface area contributed by atoms with Crippen LogP contribution in [-0.2, 0) is 11.3 Å². The molecule has 0 bridgehead atoms. The zero-order valence-electron chi connectivity index (χ0n) is 12.1. The Bertz CT molecular complexity index is 511. The molecule has 0 heterocycles. The monoisotopic (exact) mass is 281 g/mol. The molecule has 0 saturated heterocycles. The normalized spacial score (nSPS) is 11.3. The van der Waals surface area contributed by atoms with Gasteiger partial charge in [-0.15, -0.1) is 0 Å². The Labute approximate surface area is 118 Å². The highest BCUT2D eigenvalue weighted by atomic mass is 16.6. The van der Waals surface area contributed by atoms with Crippen LogP contribution in [-0.4, -0.2) is 26.3 Å². The Balaban J connectivity index is 3.35. The molecule has 0 fully saturated rings. The molecule has 0 aliphatic heterocycles. The van der Waals surface area contributed by atoms with Crippen LogP contribution in [0.3, 0.4) is 0 Å². The van der Waals surface area contributed by atoms with Crippen molar-refractivity contribution in [3.05, 3.63) is 39.1 Å². The molecule has 110 valence electrons. The number of allylic oxidation sites excluding steroid dienone is 1. The van der Waals surface area contributed by atoms with Crippen molar-refractivity contribution >= 4 is 6.08 Å². The molecule has 0 atom stereocenters. The van der Waals surface area contributed by atoms with Crippen molar-refractivity contribution in [3.63, 3.8) is 0 Å². The van der Waals surface area contributed by atoms with Crippen molar-refractivity contribution in [2.24, 2.45) is 0 Å². The second kappa shape index (κ2) is 7.49. The van der Waals surface area contributed by atoms with E-state index in [9.17, 15) is 10.1 Å². The summed E-state index contributed by atoms with van der Waals surface area (Å²) in [5.41, 5.74) is 1.55. The predicted octanol–water partition coefficient (Wildman–Crippen LogP) is 2.88. The molecule has 0 spiro atoms. The smallest absolute Gasteiger partial charge is 0.246 e. The molecule has 0 amide bonds. The molecule has 0 unspecified atom stereocenters. The van der Waals surface area contributed by atoms with Gasteiger partial charge >= 0.3 is 0 Å². The summed E-state index contributed by atoms with van der Waals surface area (Å²) in [6.07, 6.45) is 1.83. The first-order valence-electron chi connectivity index (χ1n) is 6.16. The molecule has 20 heavy (non-hydrogen) atoms. The fraction of sp³-hybridized carbons (Fsp3) is 0.429. The van der Waals surface area contributed by atoms with Crippen molar-refractivity contribution in [1.29, 1.82) is 0 Å². The average Bonchev–Trinajstić information content (AvgIpc) is 2.45. The predicted molar refractivity (Wildman–Crippen MR) is 75.5 cm³/mol. The van der Waals surface area contributed by atoms with Gasteiger partial charge in [0.15, 0.2) is 0 Å². The summed E-state index contributed by atoms with van der Waals surface area (Å²) in [4.78, 5) is 10.5. The second-order valence-electron chi connectivity index (χ2n) is 4.09. The molecule has 0 N–H and O–H groups in total. The Morgan fingerprint density at radius 2 is 1.90 bits per heavy atom. The average molecular weight is 281 g/mol. The fourth-order valence-electron chi connectivity index (χ4n) is 1.83. The molecule has 6 nitrogen and oxygen atoms in total. The molecule has 0 aliphatic rings. The number of methoxy groups -OCH3 is 3. The standard InChI is InChI=1S/C14H19NO5/c1-5-12(15(16)17)6-10-7-14(20-4)11(9-18-2)8-13(10)19-3/h6-8H,5,9H2,1-4H3. The summed E-state index contributed by atoms with van der Waals surface area (Å²) < 4.78 is 15.6. The van der Waals surface area contributed by atoms with Crippen molar-refractivity contribution in [2.45, 2.75) is 20.0 Å². The van der Waals surface area contributed by atoms with Crippen molar-refractivity contribution < 1.29 is 19.1 Å². The number of hydrogen-bond acceptors (Lipinski definition) is 5. The summed E-state index contributed by atoms with van der Waals surface area (Å²) >= 11 is 0. The highest BCUT2D eigenvalue weighted by molar-refractivity contribution is 5.62. The lowest BCUT2D eigenvalue weighted by Crippen LogP contribution is -2.00. The van der Waals surface area contributed by atoms with Crippen LogP contribution in [0.4, 0.5) is 0 Å². The number of rotatable bonds is 7. The van der Waals surface area contributed by atoms with E-state index in [4.69, 9.17) is 14.2 Å². The van der Waals surface area contributed by atoms with E-state index in [-0.39, 0.29) is 5.70 Å². The molecule has 0 radical (unpaired) electrons. The van der Waals surface area contributed by atoms with Crippen LogP contribution in [0.25, 0.3) is 6.08 Å². The number of hydrogen-bond donors (Lipinski definition) is 0. The Kier molecular flexibility index (Phi) is 5.99. The summed E-state index contributed by atoms with van der Waals surface area (Å²) in [5.74, 6) is 1.16. The lowest BCUT2D eigenvalue weighted by molar-refractivity contribution is -0.425. The van der Waals surface area contributed by atoms with Gasteiger partial charge in [-0.2, -0.15) is 0 Å². The summed E-state index contributed by atoms with van der Waals surface area (Å²) in [5, 5.41) is 10.9. The molecule has 1 aromatic rings. The minimum atomic E-state index is -0.394. The van der Waals surface area contributed by atoms with E-state index < -0.39 is 4.92 Å². The quantitative estimate of drug-likeness (QED) is 0.567. The van der Waals surface area contributed by atoms with Crippen LogP contribution in [0, 0.1) is 10.1 Å². The maximum atomic E-state index is 10.9. The second-order valence-corrected chi connectivity index (χ2v) is 4.09. The molecular weight excluding hydrogens is 262 g/mol. The van der Waals surface area contributed by atoms with Gasteiger partial charge in [0.05, 0.1) is 25.7 Å². The summed E-state index contributed by atoms with van der Waals surface area (Å²) in [6, 6.07) is 3.48. The van der Waals surface area contributed by atoms with Crippen molar-refractivity contribution in [3.8, 4) is 11.5 Å². The zero-order valence-corrected chi connectivity index (χ0v) is 12.1. The van der Waals surface area contributed by atoms with E-state index in [1.807, 2.05) is 0 Å². The van der Waals surface area contributed by atoms with E-state index in [0.717, 1.165) is 5.56 Å². The third-order valence-corrected chi connectivity index (χ3v) is 2.85. The zero-order chi connectivity index (χ0) is 15.1. The lowest BCUT2D eigenvalue weighted by Gasteiger charge is -2.12. The van der Waals surface area contributed by atoms with E-state index >= 15 is 0 Å². The van der Waals surface area contributed by atoms with Gasteiger partial charge in [0.1, 0.15) is 11.5 Å². The first-order valence-corrected chi connectivity index (χ1v) is 6.16. The van der Waals surface area contributed by atoms with Gasteiger partial charge in [-0.3, -0.25) is 10.1 Å². The van der Waals surface area contributed by atoms with Crippen LogP contribution in [0.5, 0.6) is 11.5 Å². The Morgan fingerprint density at radius 3 is 2.35 bits per heavy atom. The number of nitro groups is 1.